The molecule has 2 heterocycles. The molecule has 30 heavy (non-hydrogen) atoms. The number of rotatable bonds is 9. The van der Waals surface area contributed by atoms with Crippen molar-refractivity contribution in [2.45, 2.75) is 57.4 Å². The van der Waals surface area contributed by atoms with Gasteiger partial charge in [-0.15, -0.1) is 0 Å². The third-order valence-corrected chi connectivity index (χ3v) is 7.51. The fourth-order valence-corrected chi connectivity index (χ4v) is 5.23. The van der Waals surface area contributed by atoms with Crippen molar-refractivity contribution in [3.63, 3.8) is 0 Å². The van der Waals surface area contributed by atoms with Gasteiger partial charge in [0.25, 0.3) is 0 Å². The van der Waals surface area contributed by atoms with E-state index in [1.807, 2.05) is 25.3 Å². The van der Waals surface area contributed by atoms with Gasteiger partial charge in [0.05, 0.1) is 4.90 Å². The molecule has 0 bridgehead atoms. The molecule has 1 atom stereocenters. The van der Waals surface area contributed by atoms with Crippen LogP contribution in [0.15, 0.2) is 41.6 Å². The number of sulfonamides is 1. The summed E-state index contributed by atoms with van der Waals surface area (Å²) in [5.41, 5.74) is 0.963. The molecule has 1 aliphatic heterocycles. The van der Waals surface area contributed by atoms with Crippen LogP contribution in [0.3, 0.4) is 0 Å². The second-order valence-electron chi connectivity index (χ2n) is 8.14. The van der Waals surface area contributed by atoms with E-state index in [1.54, 1.807) is 22.6 Å². The van der Waals surface area contributed by atoms with Gasteiger partial charge in [0, 0.05) is 45.0 Å². The average Bonchev–Trinajstić information content (AvgIpc) is 3.16. The van der Waals surface area contributed by atoms with E-state index in [-0.39, 0.29) is 5.91 Å². The molecule has 0 saturated carbocycles. The molecule has 2 aromatic rings. The number of aromatic nitrogens is 2. The molecule has 0 aliphatic carbocycles. The zero-order valence-electron chi connectivity index (χ0n) is 17.9. The molecule has 0 radical (unpaired) electrons. The van der Waals surface area contributed by atoms with Crippen molar-refractivity contribution < 1.29 is 13.2 Å². The van der Waals surface area contributed by atoms with Crippen LogP contribution in [-0.2, 0) is 27.8 Å². The Hall–Kier alpha value is -2.19. The Balaban J connectivity index is 1.44. The number of carbonyl (C=O) groups is 1. The summed E-state index contributed by atoms with van der Waals surface area (Å²) < 4.78 is 29.1. The Kier molecular flexibility index (Phi) is 7.66. The van der Waals surface area contributed by atoms with E-state index in [0.29, 0.717) is 43.3 Å². The second kappa shape index (κ2) is 10.2. The van der Waals surface area contributed by atoms with Crippen LogP contribution in [0.1, 0.15) is 44.0 Å². The molecular weight excluding hydrogens is 400 g/mol. The van der Waals surface area contributed by atoms with E-state index in [0.717, 1.165) is 37.2 Å². The third-order valence-electron chi connectivity index (χ3n) is 5.60. The lowest BCUT2D eigenvalue weighted by atomic mass is 10.1. The number of hydrogen-bond donors (Lipinski definition) is 1. The molecule has 1 unspecified atom stereocenters. The largest absolute Gasteiger partial charge is 0.356 e. The molecule has 7 nitrogen and oxygen atoms in total. The topological polar surface area (TPSA) is 84.3 Å². The van der Waals surface area contributed by atoms with Gasteiger partial charge in [0.1, 0.15) is 5.82 Å². The van der Waals surface area contributed by atoms with E-state index in [9.17, 15) is 13.2 Å². The van der Waals surface area contributed by atoms with Gasteiger partial charge >= 0.3 is 0 Å². The Morgan fingerprint density at radius 1 is 1.17 bits per heavy atom. The number of benzene rings is 1. The summed E-state index contributed by atoms with van der Waals surface area (Å²) >= 11 is 0. The van der Waals surface area contributed by atoms with Crippen molar-refractivity contribution in [1.29, 1.82) is 0 Å². The number of piperidine rings is 1. The molecule has 1 N–H and O–H groups in total. The zero-order valence-corrected chi connectivity index (χ0v) is 18.7. The fraction of sp³-hybridized carbons (Fsp3) is 0.545. The summed E-state index contributed by atoms with van der Waals surface area (Å²) in [4.78, 5) is 16.7. The van der Waals surface area contributed by atoms with Crippen molar-refractivity contribution >= 4 is 15.9 Å². The first-order chi connectivity index (χ1) is 14.4. The first-order valence-corrected chi connectivity index (χ1v) is 12.1. The smallest absolute Gasteiger partial charge is 0.243 e. The molecule has 8 heteroatoms. The van der Waals surface area contributed by atoms with Crippen LogP contribution in [0, 0.1) is 12.8 Å². The van der Waals surface area contributed by atoms with Crippen LogP contribution in [0.2, 0.25) is 0 Å². The number of amides is 1. The van der Waals surface area contributed by atoms with Crippen LogP contribution in [0.4, 0.5) is 0 Å². The predicted octanol–water partition coefficient (Wildman–Crippen LogP) is 2.75. The second-order valence-corrected chi connectivity index (χ2v) is 10.1. The van der Waals surface area contributed by atoms with Crippen molar-refractivity contribution in [3.05, 3.63) is 48.0 Å². The van der Waals surface area contributed by atoms with Crippen LogP contribution in [0.5, 0.6) is 0 Å². The maximum absolute atomic E-state index is 12.7. The van der Waals surface area contributed by atoms with Gasteiger partial charge in [-0.2, -0.15) is 4.31 Å². The first-order valence-electron chi connectivity index (χ1n) is 10.7. The summed E-state index contributed by atoms with van der Waals surface area (Å²) in [6.45, 7) is 6.70. The summed E-state index contributed by atoms with van der Waals surface area (Å²) in [5, 5.41) is 2.99. The summed E-state index contributed by atoms with van der Waals surface area (Å²) in [5.74, 6) is 1.29. The highest BCUT2D eigenvalue weighted by molar-refractivity contribution is 7.89. The SMILES string of the molecule is Cc1nccn1CC(C)CNC(=O)CCc1ccc(S(=O)(=O)N2CCCCC2)cc1. The Morgan fingerprint density at radius 2 is 1.87 bits per heavy atom. The Labute approximate surface area is 179 Å². The minimum atomic E-state index is -3.41. The molecule has 1 aliphatic rings. The lowest BCUT2D eigenvalue weighted by molar-refractivity contribution is -0.121. The number of aryl methyl sites for hydroxylation is 2. The van der Waals surface area contributed by atoms with Crippen molar-refractivity contribution in [2.24, 2.45) is 5.92 Å². The molecule has 0 spiro atoms. The standard InChI is InChI=1S/C22H32N4O3S/c1-18(17-25-15-12-23-19(25)2)16-24-22(27)11-8-20-6-9-21(10-7-20)30(28,29)26-13-4-3-5-14-26/h6-7,9-10,12,15,18H,3-5,8,11,13-14,16-17H2,1-2H3,(H,24,27). The Bertz CT molecular complexity index is 932. The van der Waals surface area contributed by atoms with E-state index in [1.165, 1.54) is 0 Å². The number of hydrogen-bond acceptors (Lipinski definition) is 4. The molecule has 1 aromatic carbocycles. The number of nitrogens with one attached hydrogen (secondary N) is 1. The maximum Gasteiger partial charge on any atom is 0.243 e. The van der Waals surface area contributed by atoms with Gasteiger partial charge in [-0.1, -0.05) is 25.5 Å². The predicted molar refractivity (Wildman–Crippen MR) is 117 cm³/mol. The lowest BCUT2D eigenvalue weighted by Gasteiger charge is -2.25. The van der Waals surface area contributed by atoms with Crippen LogP contribution in [0.25, 0.3) is 0 Å². The third kappa shape index (κ3) is 5.92. The van der Waals surface area contributed by atoms with E-state index < -0.39 is 10.0 Å². The van der Waals surface area contributed by atoms with Gasteiger partial charge in [-0.05, 0) is 49.8 Å². The van der Waals surface area contributed by atoms with Crippen LogP contribution in [-0.4, -0.2) is 47.8 Å². The highest BCUT2D eigenvalue weighted by atomic mass is 32.2. The van der Waals surface area contributed by atoms with Crippen molar-refractivity contribution in [2.75, 3.05) is 19.6 Å². The lowest BCUT2D eigenvalue weighted by Crippen LogP contribution is -2.35. The van der Waals surface area contributed by atoms with E-state index in [2.05, 4.69) is 21.8 Å². The van der Waals surface area contributed by atoms with Gasteiger partial charge in [-0.25, -0.2) is 13.4 Å². The zero-order chi connectivity index (χ0) is 21.6. The molecule has 3 rings (SSSR count). The molecule has 164 valence electrons. The van der Waals surface area contributed by atoms with Crippen LogP contribution < -0.4 is 5.32 Å². The molecule has 1 aromatic heterocycles. The van der Waals surface area contributed by atoms with Gasteiger partial charge in [0.15, 0.2) is 0 Å². The molecule has 1 amide bonds. The number of nitrogens with zero attached hydrogens (tertiary/aromatic N) is 3. The highest BCUT2D eigenvalue weighted by Crippen LogP contribution is 2.21. The van der Waals surface area contributed by atoms with Crippen LogP contribution >= 0.6 is 0 Å². The summed E-state index contributed by atoms with van der Waals surface area (Å²) in [6.07, 6.45) is 7.64. The van der Waals surface area contributed by atoms with Crippen molar-refractivity contribution in [1.82, 2.24) is 19.2 Å². The molecular formula is C22H32N4O3S. The Morgan fingerprint density at radius 3 is 2.50 bits per heavy atom. The minimum absolute atomic E-state index is 0.00854. The van der Waals surface area contributed by atoms with Gasteiger partial charge < -0.3 is 9.88 Å². The maximum atomic E-state index is 12.7. The average molecular weight is 433 g/mol. The molecule has 1 fully saturated rings. The monoisotopic (exact) mass is 432 g/mol. The number of carbonyl (C=O) groups excluding carboxylic acids is 1. The van der Waals surface area contributed by atoms with E-state index in [4.69, 9.17) is 0 Å². The van der Waals surface area contributed by atoms with Gasteiger partial charge in [0.2, 0.25) is 15.9 Å². The first kappa shape index (κ1) is 22.5. The summed E-state index contributed by atoms with van der Waals surface area (Å²) in [7, 11) is -3.41. The normalized spacial score (nSPS) is 16.3. The van der Waals surface area contributed by atoms with Crippen molar-refractivity contribution in [3.8, 4) is 0 Å². The van der Waals surface area contributed by atoms with E-state index >= 15 is 0 Å². The minimum Gasteiger partial charge on any atom is -0.356 e. The molecule has 1 saturated heterocycles. The highest BCUT2D eigenvalue weighted by Gasteiger charge is 2.25. The summed E-state index contributed by atoms with van der Waals surface area (Å²) in [6, 6.07) is 6.95. The quantitative estimate of drug-likeness (QED) is 0.660. The number of imidazole rings is 1. The van der Waals surface area contributed by atoms with Gasteiger partial charge in [-0.3, -0.25) is 4.79 Å². The fourth-order valence-electron chi connectivity index (χ4n) is 3.71.